The molecule has 1 aliphatic rings. The Kier molecular flexibility index (Phi) is 8.83. The highest BCUT2D eigenvalue weighted by Gasteiger charge is 2.46. The number of nitrogens with one attached hydrogen (secondary N) is 2. The second-order valence-electron chi connectivity index (χ2n) is 9.44. The standard InChI is InChI=1S/C23H36N2O2S2/c1-5-6-8-13-19(25-21(29)27-18-11-9-7-10-12-18)23(4)15-17(24-20(26)28)14-22(2,3)16-23/h7,9-12,17,19H,5-6,8,13-16H2,1-4H3,(H,25,29)(H2,24,26,28). The predicted molar refractivity (Wildman–Crippen MR) is 128 cm³/mol. The first-order chi connectivity index (χ1) is 13.6. The number of unbranched alkanes of at least 4 members (excludes halogenated alkanes) is 2. The van der Waals surface area contributed by atoms with Gasteiger partial charge in [0.1, 0.15) is 5.75 Å². The van der Waals surface area contributed by atoms with Crippen LogP contribution in [0.4, 0.5) is 4.79 Å². The summed E-state index contributed by atoms with van der Waals surface area (Å²) in [4.78, 5) is 11.6. The van der Waals surface area contributed by atoms with Gasteiger partial charge >= 0.3 is 0 Å². The van der Waals surface area contributed by atoms with E-state index in [4.69, 9.17) is 17.0 Å². The Hall–Kier alpha value is -1.27. The first-order valence-corrected chi connectivity index (χ1v) is 11.5. The summed E-state index contributed by atoms with van der Waals surface area (Å²) in [7, 11) is 0. The SMILES string of the molecule is CCCCCC(NC(=S)Oc1ccccc1)C1(C)CC(NC(=O)S)CC(C)(C)C1. The van der Waals surface area contributed by atoms with Gasteiger partial charge in [0.15, 0.2) is 0 Å². The van der Waals surface area contributed by atoms with E-state index in [1.807, 2.05) is 30.3 Å². The molecule has 1 aromatic rings. The number of carbonyl (C=O) groups is 1. The van der Waals surface area contributed by atoms with Crippen LogP contribution in [0.15, 0.2) is 30.3 Å². The molecule has 0 bridgehead atoms. The number of ether oxygens (including phenoxy) is 1. The average Bonchev–Trinajstić information content (AvgIpc) is 2.59. The molecule has 0 aliphatic heterocycles. The van der Waals surface area contributed by atoms with Crippen LogP contribution in [-0.2, 0) is 0 Å². The maximum atomic E-state index is 11.6. The smallest absolute Gasteiger partial charge is 0.276 e. The fraction of sp³-hybridized carbons (Fsp3) is 0.652. The van der Waals surface area contributed by atoms with Gasteiger partial charge in [-0.2, -0.15) is 0 Å². The van der Waals surface area contributed by atoms with E-state index >= 15 is 0 Å². The number of thiol groups is 1. The normalized spacial score (nSPS) is 24.4. The summed E-state index contributed by atoms with van der Waals surface area (Å²) < 4.78 is 5.87. The topological polar surface area (TPSA) is 50.4 Å². The van der Waals surface area contributed by atoms with Crippen LogP contribution in [0.25, 0.3) is 0 Å². The van der Waals surface area contributed by atoms with Gasteiger partial charge < -0.3 is 15.4 Å². The fourth-order valence-corrected chi connectivity index (χ4v) is 5.46. The molecule has 162 valence electrons. The number of para-hydroxylation sites is 1. The molecular weight excluding hydrogens is 400 g/mol. The fourth-order valence-electron chi connectivity index (χ4n) is 5.04. The van der Waals surface area contributed by atoms with E-state index in [0.717, 1.165) is 37.9 Å². The van der Waals surface area contributed by atoms with E-state index in [1.54, 1.807) is 0 Å². The molecule has 1 fully saturated rings. The van der Waals surface area contributed by atoms with Crippen molar-refractivity contribution in [1.82, 2.24) is 10.6 Å². The highest BCUT2D eigenvalue weighted by Crippen LogP contribution is 2.49. The molecule has 3 unspecified atom stereocenters. The van der Waals surface area contributed by atoms with Crippen molar-refractivity contribution in [3.8, 4) is 5.75 Å². The Morgan fingerprint density at radius 2 is 1.93 bits per heavy atom. The van der Waals surface area contributed by atoms with Crippen molar-refractivity contribution in [2.75, 3.05) is 0 Å². The van der Waals surface area contributed by atoms with E-state index in [9.17, 15) is 4.79 Å². The maximum absolute atomic E-state index is 11.6. The minimum absolute atomic E-state index is 0.0134. The number of carbonyl (C=O) groups excluding carboxylic acids is 1. The summed E-state index contributed by atoms with van der Waals surface area (Å²) in [6.45, 7) is 9.10. The molecule has 1 aliphatic carbocycles. The molecule has 3 atom stereocenters. The Balaban J connectivity index is 2.16. The summed E-state index contributed by atoms with van der Waals surface area (Å²) in [5.41, 5.74) is 0.112. The lowest BCUT2D eigenvalue weighted by atomic mass is 9.59. The Morgan fingerprint density at radius 3 is 2.55 bits per heavy atom. The summed E-state index contributed by atoms with van der Waals surface area (Å²) in [5, 5.41) is 6.72. The maximum Gasteiger partial charge on any atom is 0.276 e. The molecule has 1 aromatic carbocycles. The van der Waals surface area contributed by atoms with E-state index < -0.39 is 0 Å². The van der Waals surface area contributed by atoms with E-state index in [-0.39, 0.29) is 28.2 Å². The third-order valence-corrected chi connectivity index (χ3v) is 6.24. The van der Waals surface area contributed by atoms with Gasteiger partial charge in [-0.05, 0) is 60.9 Å². The van der Waals surface area contributed by atoms with Gasteiger partial charge in [0.05, 0.1) is 0 Å². The zero-order valence-corrected chi connectivity index (χ0v) is 19.9. The molecule has 1 saturated carbocycles. The lowest BCUT2D eigenvalue weighted by Gasteiger charge is -2.50. The third kappa shape index (κ3) is 7.82. The van der Waals surface area contributed by atoms with Gasteiger partial charge in [-0.3, -0.25) is 4.79 Å². The lowest BCUT2D eigenvalue weighted by Crippen LogP contribution is -2.55. The van der Waals surface area contributed by atoms with Gasteiger partial charge in [-0.25, -0.2) is 0 Å². The lowest BCUT2D eigenvalue weighted by molar-refractivity contribution is 0.0436. The van der Waals surface area contributed by atoms with Gasteiger partial charge in [-0.15, -0.1) is 0 Å². The van der Waals surface area contributed by atoms with Crippen LogP contribution in [0.1, 0.15) is 72.6 Å². The molecular formula is C23H36N2O2S2. The van der Waals surface area contributed by atoms with Crippen molar-refractivity contribution in [3.63, 3.8) is 0 Å². The summed E-state index contributed by atoms with van der Waals surface area (Å²) in [6.07, 6.45) is 7.47. The first-order valence-electron chi connectivity index (χ1n) is 10.7. The molecule has 0 saturated heterocycles. The van der Waals surface area contributed by atoms with E-state index in [1.165, 1.54) is 12.8 Å². The van der Waals surface area contributed by atoms with Crippen LogP contribution in [0, 0.1) is 10.8 Å². The summed E-state index contributed by atoms with van der Waals surface area (Å²) >= 11 is 9.50. The van der Waals surface area contributed by atoms with Crippen LogP contribution in [0.2, 0.25) is 0 Å². The van der Waals surface area contributed by atoms with Gasteiger partial charge in [0, 0.05) is 12.1 Å². The van der Waals surface area contributed by atoms with E-state index in [2.05, 4.69) is 51.0 Å². The van der Waals surface area contributed by atoms with Gasteiger partial charge in [-0.1, -0.05) is 77.8 Å². The highest BCUT2D eigenvalue weighted by atomic mass is 32.1. The minimum atomic E-state index is -0.256. The van der Waals surface area contributed by atoms with Crippen LogP contribution >= 0.6 is 24.8 Å². The monoisotopic (exact) mass is 436 g/mol. The van der Waals surface area contributed by atoms with Crippen molar-refractivity contribution >= 4 is 35.3 Å². The van der Waals surface area contributed by atoms with Crippen molar-refractivity contribution < 1.29 is 9.53 Å². The largest absolute Gasteiger partial charge is 0.432 e. The molecule has 0 spiro atoms. The van der Waals surface area contributed by atoms with Gasteiger partial charge in [0.2, 0.25) is 0 Å². The third-order valence-electron chi connectivity index (χ3n) is 5.91. The predicted octanol–water partition coefficient (Wildman–Crippen LogP) is 6.11. The van der Waals surface area contributed by atoms with Crippen LogP contribution in [-0.4, -0.2) is 22.5 Å². The number of hydrogen-bond donors (Lipinski definition) is 3. The Labute approximate surface area is 187 Å². The van der Waals surface area contributed by atoms with Crippen molar-refractivity contribution in [3.05, 3.63) is 30.3 Å². The molecule has 0 radical (unpaired) electrons. The number of amides is 1. The molecule has 6 heteroatoms. The zero-order valence-electron chi connectivity index (χ0n) is 18.2. The van der Waals surface area contributed by atoms with Crippen molar-refractivity contribution in [1.29, 1.82) is 0 Å². The Bertz CT molecular complexity index is 681. The molecule has 29 heavy (non-hydrogen) atoms. The number of benzene rings is 1. The van der Waals surface area contributed by atoms with Crippen molar-refractivity contribution in [2.45, 2.75) is 84.7 Å². The number of rotatable bonds is 8. The van der Waals surface area contributed by atoms with Crippen LogP contribution in [0.3, 0.4) is 0 Å². The molecule has 2 rings (SSSR count). The number of thiocarbonyl (C=S) groups is 1. The second kappa shape index (κ2) is 10.7. The van der Waals surface area contributed by atoms with Gasteiger partial charge in [0.25, 0.3) is 10.4 Å². The van der Waals surface area contributed by atoms with Crippen molar-refractivity contribution in [2.24, 2.45) is 10.8 Å². The van der Waals surface area contributed by atoms with Crippen LogP contribution in [0.5, 0.6) is 5.75 Å². The van der Waals surface area contributed by atoms with E-state index in [0.29, 0.717) is 5.17 Å². The summed E-state index contributed by atoms with van der Waals surface area (Å²) in [6, 6.07) is 9.95. The number of hydrogen-bond acceptors (Lipinski definition) is 3. The van der Waals surface area contributed by atoms with Crippen LogP contribution < -0.4 is 15.4 Å². The molecule has 0 heterocycles. The molecule has 4 nitrogen and oxygen atoms in total. The summed E-state index contributed by atoms with van der Waals surface area (Å²) in [5.74, 6) is 0.742. The minimum Gasteiger partial charge on any atom is -0.432 e. The second-order valence-corrected chi connectivity index (χ2v) is 10.2. The molecule has 2 N–H and O–H groups in total. The highest BCUT2D eigenvalue weighted by molar-refractivity contribution is 7.96. The average molecular weight is 437 g/mol. The molecule has 1 amide bonds. The Morgan fingerprint density at radius 1 is 1.24 bits per heavy atom. The quantitative estimate of drug-likeness (QED) is 0.261. The zero-order chi connectivity index (χ0) is 21.5. The first kappa shape index (κ1) is 24.0. The molecule has 0 aromatic heterocycles.